The van der Waals surface area contributed by atoms with Gasteiger partial charge in [-0.2, -0.15) is 0 Å². The lowest BCUT2D eigenvalue weighted by molar-refractivity contribution is -0.172. The van der Waals surface area contributed by atoms with E-state index in [0.717, 1.165) is 25.7 Å². The van der Waals surface area contributed by atoms with Crippen LogP contribution in [0.5, 0.6) is 0 Å². The molecule has 1 aliphatic rings. The van der Waals surface area contributed by atoms with Gasteiger partial charge in [0.15, 0.2) is 5.60 Å². The first-order chi connectivity index (χ1) is 6.75. The number of rotatable bonds is 4. The molecule has 0 N–H and O–H groups in total. The average molecular weight is 198 g/mol. The fraction of sp³-hybridized carbons (Fsp3) is 0.727. The summed E-state index contributed by atoms with van der Waals surface area (Å²) in [6.45, 7) is 4.00. The lowest BCUT2D eigenvalue weighted by Gasteiger charge is -2.33. The fourth-order valence-electron chi connectivity index (χ4n) is 1.93. The van der Waals surface area contributed by atoms with Crippen LogP contribution in [0.3, 0.4) is 0 Å². The molecule has 0 saturated heterocycles. The quantitative estimate of drug-likeness (QED) is 0.512. The minimum absolute atomic E-state index is 0.237. The molecule has 0 aromatic heterocycles. The van der Waals surface area contributed by atoms with Gasteiger partial charge in [0, 0.05) is 0 Å². The van der Waals surface area contributed by atoms with Gasteiger partial charge in [0.25, 0.3) is 0 Å². The molecule has 0 bridgehead atoms. The minimum Gasteiger partial charge on any atom is -0.467 e. The predicted octanol–water partition coefficient (Wildman–Crippen LogP) is 2.06. The van der Waals surface area contributed by atoms with Gasteiger partial charge in [-0.3, -0.25) is 0 Å². The third-order valence-corrected chi connectivity index (χ3v) is 2.70. The number of methoxy groups -OCH3 is 1. The van der Waals surface area contributed by atoms with E-state index in [9.17, 15) is 4.79 Å². The molecule has 0 spiro atoms. The number of esters is 1. The van der Waals surface area contributed by atoms with Crippen LogP contribution in [0, 0.1) is 0 Å². The van der Waals surface area contributed by atoms with E-state index >= 15 is 0 Å². The SMILES string of the molecule is C=CCOC1(C(=O)OC)CCCCC1. The Bertz CT molecular complexity index is 205. The first-order valence-electron chi connectivity index (χ1n) is 5.08. The molecule has 14 heavy (non-hydrogen) atoms. The Hall–Kier alpha value is -0.830. The third kappa shape index (κ3) is 2.35. The zero-order valence-corrected chi connectivity index (χ0v) is 8.75. The van der Waals surface area contributed by atoms with Gasteiger partial charge < -0.3 is 9.47 Å². The molecule has 0 radical (unpaired) electrons. The fourth-order valence-corrected chi connectivity index (χ4v) is 1.93. The van der Waals surface area contributed by atoms with Crippen LogP contribution in [0.15, 0.2) is 12.7 Å². The van der Waals surface area contributed by atoms with E-state index < -0.39 is 5.60 Å². The summed E-state index contributed by atoms with van der Waals surface area (Å²) >= 11 is 0. The van der Waals surface area contributed by atoms with Gasteiger partial charge >= 0.3 is 5.97 Å². The van der Waals surface area contributed by atoms with E-state index in [4.69, 9.17) is 9.47 Å². The van der Waals surface area contributed by atoms with Gasteiger partial charge in [0.1, 0.15) is 0 Å². The van der Waals surface area contributed by atoms with Gasteiger partial charge in [-0.25, -0.2) is 4.79 Å². The summed E-state index contributed by atoms with van der Waals surface area (Å²) in [5.41, 5.74) is -0.693. The number of carbonyl (C=O) groups excluding carboxylic acids is 1. The Morgan fingerprint density at radius 1 is 1.43 bits per heavy atom. The van der Waals surface area contributed by atoms with Gasteiger partial charge in [-0.1, -0.05) is 12.5 Å². The monoisotopic (exact) mass is 198 g/mol. The molecule has 0 heterocycles. The molecule has 1 rings (SSSR count). The predicted molar refractivity (Wildman–Crippen MR) is 54.0 cm³/mol. The van der Waals surface area contributed by atoms with Gasteiger partial charge in [-0.15, -0.1) is 6.58 Å². The van der Waals surface area contributed by atoms with Crippen LogP contribution in [0.4, 0.5) is 0 Å². The standard InChI is InChI=1S/C11H18O3/c1-3-9-14-11(10(12)13-2)7-5-4-6-8-11/h3H,1,4-9H2,2H3. The van der Waals surface area contributed by atoms with Crippen molar-refractivity contribution in [3.63, 3.8) is 0 Å². The summed E-state index contributed by atoms with van der Waals surface area (Å²) in [5, 5.41) is 0. The zero-order chi connectivity index (χ0) is 10.4. The summed E-state index contributed by atoms with van der Waals surface area (Å²) in [6.07, 6.45) is 6.45. The van der Waals surface area contributed by atoms with Crippen molar-refractivity contribution < 1.29 is 14.3 Å². The summed E-state index contributed by atoms with van der Waals surface area (Å²) in [4.78, 5) is 11.6. The van der Waals surface area contributed by atoms with Gasteiger partial charge in [0.05, 0.1) is 13.7 Å². The largest absolute Gasteiger partial charge is 0.467 e. The number of hydrogen-bond donors (Lipinski definition) is 0. The van der Waals surface area contributed by atoms with Crippen LogP contribution in [0.1, 0.15) is 32.1 Å². The molecule has 0 atom stereocenters. The van der Waals surface area contributed by atoms with Crippen molar-refractivity contribution in [2.45, 2.75) is 37.7 Å². The van der Waals surface area contributed by atoms with Crippen LogP contribution >= 0.6 is 0 Å². The molecule has 3 nitrogen and oxygen atoms in total. The number of hydrogen-bond acceptors (Lipinski definition) is 3. The highest BCUT2D eigenvalue weighted by atomic mass is 16.6. The van der Waals surface area contributed by atoms with Crippen molar-refractivity contribution in [1.82, 2.24) is 0 Å². The van der Waals surface area contributed by atoms with Gasteiger partial charge in [0.2, 0.25) is 0 Å². The van der Waals surface area contributed by atoms with Gasteiger partial charge in [-0.05, 0) is 25.7 Å². The summed E-state index contributed by atoms with van der Waals surface area (Å²) in [7, 11) is 1.41. The van der Waals surface area contributed by atoms with E-state index in [-0.39, 0.29) is 5.97 Å². The molecule has 1 saturated carbocycles. The van der Waals surface area contributed by atoms with E-state index in [1.165, 1.54) is 13.5 Å². The molecular weight excluding hydrogens is 180 g/mol. The second-order valence-electron chi connectivity index (χ2n) is 3.65. The molecular formula is C11H18O3. The second-order valence-corrected chi connectivity index (χ2v) is 3.65. The molecule has 0 aliphatic heterocycles. The highest BCUT2D eigenvalue weighted by Gasteiger charge is 2.41. The lowest BCUT2D eigenvalue weighted by Crippen LogP contribution is -2.44. The van der Waals surface area contributed by atoms with E-state index in [2.05, 4.69) is 6.58 Å². The maximum atomic E-state index is 11.6. The third-order valence-electron chi connectivity index (χ3n) is 2.70. The summed E-state index contributed by atoms with van der Waals surface area (Å²) in [5.74, 6) is -0.237. The molecule has 0 aromatic carbocycles. The van der Waals surface area contributed by atoms with Crippen LogP contribution < -0.4 is 0 Å². The molecule has 0 unspecified atom stereocenters. The molecule has 80 valence electrons. The van der Waals surface area contributed by atoms with Crippen molar-refractivity contribution in [2.24, 2.45) is 0 Å². The van der Waals surface area contributed by atoms with Crippen molar-refractivity contribution in [3.05, 3.63) is 12.7 Å². The van der Waals surface area contributed by atoms with E-state index in [0.29, 0.717) is 6.61 Å². The maximum Gasteiger partial charge on any atom is 0.338 e. The molecule has 0 aromatic rings. The lowest BCUT2D eigenvalue weighted by atomic mass is 9.84. The first kappa shape index (κ1) is 11.2. The molecule has 0 amide bonds. The number of carbonyl (C=O) groups is 1. The van der Waals surface area contributed by atoms with Crippen molar-refractivity contribution in [3.8, 4) is 0 Å². The average Bonchev–Trinajstić information content (AvgIpc) is 2.26. The molecule has 3 heteroatoms. The first-order valence-corrected chi connectivity index (χ1v) is 5.08. The van der Waals surface area contributed by atoms with Crippen molar-refractivity contribution >= 4 is 5.97 Å². The topological polar surface area (TPSA) is 35.5 Å². The zero-order valence-electron chi connectivity index (χ0n) is 8.75. The minimum atomic E-state index is -0.693. The Morgan fingerprint density at radius 3 is 2.57 bits per heavy atom. The smallest absolute Gasteiger partial charge is 0.338 e. The Labute approximate surface area is 85.1 Å². The summed E-state index contributed by atoms with van der Waals surface area (Å²) < 4.78 is 10.4. The van der Waals surface area contributed by atoms with Crippen LogP contribution in [-0.4, -0.2) is 25.3 Å². The van der Waals surface area contributed by atoms with Crippen LogP contribution in [-0.2, 0) is 14.3 Å². The Kier molecular flexibility index (Phi) is 4.14. The summed E-state index contributed by atoms with van der Waals surface area (Å²) in [6, 6.07) is 0. The number of ether oxygens (including phenoxy) is 2. The maximum absolute atomic E-state index is 11.6. The van der Waals surface area contributed by atoms with Crippen LogP contribution in [0.25, 0.3) is 0 Å². The molecule has 1 aliphatic carbocycles. The normalized spacial score (nSPS) is 20.1. The van der Waals surface area contributed by atoms with Crippen molar-refractivity contribution in [2.75, 3.05) is 13.7 Å². The highest BCUT2D eigenvalue weighted by Crippen LogP contribution is 2.32. The van der Waals surface area contributed by atoms with E-state index in [1.54, 1.807) is 6.08 Å². The second kappa shape index (κ2) is 5.15. The molecule has 1 fully saturated rings. The Morgan fingerprint density at radius 2 is 2.07 bits per heavy atom. The van der Waals surface area contributed by atoms with Crippen LogP contribution in [0.2, 0.25) is 0 Å². The highest BCUT2D eigenvalue weighted by molar-refractivity contribution is 5.79. The van der Waals surface area contributed by atoms with E-state index in [1.807, 2.05) is 0 Å². The Balaban J connectivity index is 2.66. The van der Waals surface area contributed by atoms with Crippen molar-refractivity contribution in [1.29, 1.82) is 0 Å².